The average Bonchev–Trinajstić information content (AvgIpc) is 3.45. The van der Waals surface area contributed by atoms with E-state index in [2.05, 4.69) is 20.5 Å². The number of benzene rings is 1. The highest BCUT2D eigenvalue weighted by molar-refractivity contribution is 5.86. The number of unbranched alkanes of at least 4 members (excludes halogenated alkanes) is 2. The Morgan fingerprint density at radius 3 is 2.60 bits per heavy atom. The Labute approximate surface area is 304 Å². The molecule has 2 aliphatic heterocycles. The summed E-state index contributed by atoms with van der Waals surface area (Å²) in [4.78, 5) is 57.5. The van der Waals surface area contributed by atoms with Crippen LogP contribution in [0.15, 0.2) is 29.0 Å². The number of likely N-dealkylation sites (N-methyl/N-ethyl adjacent to an activating group) is 1. The smallest absolute Gasteiger partial charge is 0.415 e. The van der Waals surface area contributed by atoms with Crippen molar-refractivity contribution in [1.82, 2.24) is 20.4 Å². The van der Waals surface area contributed by atoms with E-state index in [4.69, 9.17) is 30.8 Å². The normalized spacial score (nSPS) is 23.8. The summed E-state index contributed by atoms with van der Waals surface area (Å²) in [6, 6.07) is 2.71. The summed E-state index contributed by atoms with van der Waals surface area (Å²) in [5, 5.41) is 27.1. The fourth-order valence-electron chi connectivity index (χ4n) is 7.83. The zero-order valence-electron chi connectivity index (χ0n) is 30.9. The molecule has 2 heterocycles. The Morgan fingerprint density at radius 1 is 1.17 bits per heavy atom. The van der Waals surface area contributed by atoms with Gasteiger partial charge in [-0.15, -0.1) is 0 Å². The van der Waals surface area contributed by atoms with Gasteiger partial charge in [-0.05, 0) is 77.2 Å². The van der Waals surface area contributed by atoms with E-state index in [-0.39, 0.29) is 56.1 Å². The number of piperidine rings is 1. The molecule has 3 aliphatic rings. The predicted molar refractivity (Wildman–Crippen MR) is 193 cm³/mol. The summed E-state index contributed by atoms with van der Waals surface area (Å²) in [7, 11) is 3.55. The van der Waals surface area contributed by atoms with E-state index in [0.717, 1.165) is 11.1 Å². The molecule has 1 aromatic rings. The molecule has 5 unspecified atom stereocenters. The summed E-state index contributed by atoms with van der Waals surface area (Å²) in [5.41, 5.74) is 10.4. The molecule has 0 radical (unpaired) electrons. The molecule has 1 saturated heterocycles. The monoisotopic (exact) mass is 729 g/mol. The van der Waals surface area contributed by atoms with Crippen LogP contribution in [-0.2, 0) is 24.5 Å². The molecule has 0 bridgehead atoms. The molecule has 5 atom stereocenters. The number of nitrogens with two attached hydrogens (primary N) is 2. The lowest BCUT2D eigenvalue weighted by atomic mass is 9.54. The number of nitrogens with one attached hydrogen (secondary N) is 2. The number of carbonyl (C=O) groups is 4. The molecule has 1 spiro atoms. The van der Waals surface area contributed by atoms with Crippen molar-refractivity contribution >= 4 is 29.8 Å². The van der Waals surface area contributed by atoms with Crippen LogP contribution < -0.4 is 31.6 Å². The van der Waals surface area contributed by atoms with Gasteiger partial charge in [0.25, 0.3) is 0 Å². The number of ether oxygens (including phenoxy) is 3. The molecule has 8 N–H and O–H groups in total. The van der Waals surface area contributed by atoms with Gasteiger partial charge in [0.15, 0.2) is 23.6 Å². The number of aryl methyl sites for hydroxylation is 1. The molecule has 0 aromatic heterocycles. The molecule has 0 saturated carbocycles. The lowest BCUT2D eigenvalue weighted by Crippen LogP contribution is -2.71. The minimum Gasteiger partial charge on any atom is -0.493 e. The van der Waals surface area contributed by atoms with Crippen LogP contribution in [0.3, 0.4) is 0 Å². The highest BCUT2D eigenvalue weighted by Gasteiger charge is 2.69. The van der Waals surface area contributed by atoms with Crippen LogP contribution in [-0.4, -0.2) is 121 Å². The van der Waals surface area contributed by atoms with Gasteiger partial charge < -0.3 is 56.3 Å². The molecule has 52 heavy (non-hydrogen) atoms. The van der Waals surface area contributed by atoms with Gasteiger partial charge in [0.2, 0.25) is 11.8 Å². The van der Waals surface area contributed by atoms with Crippen molar-refractivity contribution in [3.63, 3.8) is 0 Å². The van der Waals surface area contributed by atoms with Crippen LogP contribution in [0.5, 0.6) is 11.5 Å². The van der Waals surface area contributed by atoms with Gasteiger partial charge in [0.05, 0.1) is 18.1 Å². The number of aliphatic hydroxyl groups is 1. The first-order chi connectivity index (χ1) is 24.7. The number of amides is 3. The molecule has 1 fully saturated rings. The Hall–Kier alpha value is -4.57. The number of aliphatic carboxylic acids is 1. The van der Waals surface area contributed by atoms with Crippen LogP contribution in [0.4, 0.5) is 4.79 Å². The number of carboxylic acid groups (broad SMARTS) is 1. The quantitative estimate of drug-likeness (QED) is 0.0761. The second-order valence-corrected chi connectivity index (χ2v) is 14.0. The Morgan fingerprint density at radius 2 is 1.92 bits per heavy atom. The summed E-state index contributed by atoms with van der Waals surface area (Å²) in [6.45, 7) is 6.64. The van der Waals surface area contributed by atoms with Crippen LogP contribution in [0.2, 0.25) is 0 Å². The van der Waals surface area contributed by atoms with Crippen molar-refractivity contribution in [3.05, 3.63) is 35.1 Å². The standard InChI is InChI=1S/C36H55N7O9/c1-22-12-13-26(50-5)30-29(22)35-16-20-42(4)23(2)36(35,49)15-14-27(31(35)52-30)51-34(48)43(19-8-6-7-11-28(45)46)21-18-39-32(47)25(41-24(3)44)10-9-17-40-33(37)38/h12-14,23,25,31,49H,6-11,15-21H2,1-5H3,(H,39,47)(H,41,44)(H,45,46)(H4,37,38,40). The number of rotatable bonds is 17. The molecule has 288 valence electrons. The van der Waals surface area contributed by atoms with E-state index in [1.165, 1.54) is 11.8 Å². The summed E-state index contributed by atoms with van der Waals surface area (Å²) >= 11 is 0. The molecule has 1 aromatic carbocycles. The number of fused-ring (bicyclic) bond motifs is 1. The van der Waals surface area contributed by atoms with Crippen molar-refractivity contribution in [2.75, 3.05) is 46.9 Å². The van der Waals surface area contributed by atoms with Gasteiger partial charge in [-0.2, -0.15) is 0 Å². The summed E-state index contributed by atoms with van der Waals surface area (Å²) in [5.74, 6) is -0.420. The Kier molecular flexibility index (Phi) is 13.4. The van der Waals surface area contributed by atoms with Crippen molar-refractivity contribution in [2.45, 2.75) is 101 Å². The fraction of sp³-hybridized carbons (Fsp3) is 0.639. The number of likely N-dealkylation sites (tertiary alicyclic amines) is 1. The number of carboxylic acids is 1. The Balaban J connectivity index is 1.54. The maximum atomic E-state index is 14.0. The first-order valence-electron chi connectivity index (χ1n) is 17.9. The minimum atomic E-state index is -1.25. The second-order valence-electron chi connectivity index (χ2n) is 14.0. The van der Waals surface area contributed by atoms with E-state index in [1.807, 2.05) is 33.0 Å². The van der Waals surface area contributed by atoms with E-state index < -0.39 is 41.1 Å². The first kappa shape index (κ1) is 40.2. The highest BCUT2D eigenvalue weighted by Crippen LogP contribution is 2.62. The van der Waals surface area contributed by atoms with Crippen molar-refractivity contribution in [2.24, 2.45) is 16.5 Å². The second kappa shape index (κ2) is 17.3. The molecule has 1 aliphatic carbocycles. The number of carbonyl (C=O) groups excluding carboxylic acids is 3. The van der Waals surface area contributed by atoms with Gasteiger partial charge in [-0.25, -0.2) is 4.79 Å². The average molecular weight is 730 g/mol. The lowest BCUT2D eigenvalue weighted by molar-refractivity contribution is -0.153. The largest absolute Gasteiger partial charge is 0.493 e. The van der Waals surface area contributed by atoms with Crippen molar-refractivity contribution in [1.29, 1.82) is 0 Å². The van der Waals surface area contributed by atoms with Gasteiger partial charge in [-0.3, -0.25) is 19.4 Å². The van der Waals surface area contributed by atoms with E-state index in [9.17, 15) is 24.3 Å². The number of hydrogen-bond donors (Lipinski definition) is 6. The maximum absolute atomic E-state index is 14.0. The molecular formula is C36H55N7O9. The highest BCUT2D eigenvalue weighted by atomic mass is 16.6. The topological polar surface area (TPSA) is 231 Å². The van der Waals surface area contributed by atoms with Crippen LogP contribution >= 0.6 is 0 Å². The van der Waals surface area contributed by atoms with Gasteiger partial charge in [0, 0.05) is 57.5 Å². The zero-order valence-corrected chi connectivity index (χ0v) is 30.9. The molecule has 16 heteroatoms. The van der Waals surface area contributed by atoms with Crippen LogP contribution in [0.25, 0.3) is 0 Å². The fourth-order valence-corrected chi connectivity index (χ4v) is 7.83. The zero-order chi connectivity index (χ0) is 38.2. The third-order valence-corrected chi connectivity index (χ3v) is 10.6. The first-order valence-corrected chi connectivity index (χ1v) is 17.9. The number of guanidine groups is 1. The maximum Gasteiger partial charge on any atom is 0.415 e. The third kappa shape index (κ3) is 8.55. The number of nitrogens with zero attached hydrogens (tertiary/aromatic N) is 3. The molecular weight excluding hydrogens is 674 g/mol. The molecule has 3 amide bonds. The van der Waals surface area contributed by atoms with E-state index >= 15 is 0 Å². The molecule has 16 nitrogen and oxygen atoms in total. The Bertz CT molecular complexity index is 1550. The van der Waals surface area contributed by atoms with Crippen molar-refractivity contribution < 1.29 is 43.6 Å². The minimum absolute atomic E-state index is 0.0160. The van der Waals surface area contributed by atoms with Gasteiger partial charge in [0.1, 0.15) is 11.8 Å². The van der Waals surface area contributed by atoms with Crippen LogP contribution in [0, 0.1) is 6.92 Å². The lowest BCUT2D eigenvalue weighted by Gasteiger charge is -2.58. The third-order valence-electron chi connectivity index (χ3n) is 10.6. The number of hydrogen-bond acceptors (Lipinski definition) is 10. The van der Waals surface area contributed by atoms with E-state index in [1.54, 1.807) is 13.2 Å². The van der Waals surface area contributed by atoms with Crippen molar-refractivity contribution in [3.8, 4) is 11.5 Å². The van der Waals surface area contributed by atoms with Gasteiger partial charge in [-0.1, -0.05) is 12.5 Å². The summed E-state index contributed by atoms with van der Waals surface area (Å²) in [6.07, 6.45) is 3.29. The van der Waals surface area contributed by atoms with Crippen LogP contribution in [0.1, 0.15) is 76.3 Å². The number of aliphatic imine (C=N–C) groups is 1. The van der Waals surface area contributed by atoms with E-state index in [0.29, 0.717) is 63.1 Å². The SMILES string of the molecule is COc1ccc(C)c2c1OC1C(OC(=O)N(CCCCCC(=O)O)CCNC(=O)C(CCCN=C(N)N)NC(C)=O)=CCC3(O)C(C)N(C)CCC213. The molecule has 4 rings (SSSR count). The predicted octanol–water partition coefficient (Wildman–Crippen LogP) is 1.50. The number of methoxy groups -OCH3 is 1. The summed E-state index contributed by atoms with van der Waals surface area (Å²) < 4.78 is 18.5. The van der Waals surface area contributed by atoms with Gasteiger partial charge >= 0.3 is 12.1 Å².